The molecule has 0 bridgehead atoms. The Labute approximate surface area is 164 Å². The summed E-state index contributed by atoms with van der Waals surface area (Å²) in [6.07, 6.45) is 1.01. The molecule has 0 saturated carbocycles. The van der Waals surface area contributed by atoms with Gasteiger partial charge in [0.2, 0.25) is 5.88 Å². The maximum absolute atomic E-state index is 12.2. The number of hydrogen-bond donors (Lipinski definition) is 4. The number of nitrogens with zero attached hydrogens (tertiary/aromatic N) is 2. The highest BCUT2D eigenvalue weighted by Gasteiger charge is 2.13. The lowest BCUT2D eigenvalue weighted by Gasteiger charge is -2.11. The fourth-order valence-electron chi connectivity index (χ4n) is 2.47. The molecule has 0 spiro atoms. The monoisotopic (exact) mass is 396 g/mol. The summed E-state index contributed by atoms with van der Waals surface area (Å²) < 4.78 is 1.30. The van der Waals surface area contributed by atoms with E-state index in [2.05, 4.69) is 15.5 Å². The van der Waals surface area contributed by atoms with Crippen molar-refractivity contribution in [2.45, 2.75) is 6.92 Å². The van der Waals surface area contributed by atoms with Gasteiger partial charge in [-0.1, -0.05) is 29.8 Å². The molecular weight excluding hydrogens is 380 g/mol. The average molecular weight is 396 g/mol. The minimum atomic E-state index is -0.670. The van der Waals surface area contributed by atoms with Crippen LogP contribution in [0.2, 0.25) is 0 Å². The Morgan fingerprint density at radius 3 is 2.54 bits per heavy atom. The average Bonchev–Trinajstić information content (AvgIpc) is 2.66. The van der Waals surface area contributed by atoms with Crippen molar-refractivity contribution in [2.24, 2.45) is 5.10 Å². The number of phenols is 1. The van der Waals surface area contributed by atoms with Crippen molar-refractivity contribution in [3.63, 3.8) is 0 Å². The molecule has 2 aromatic carbocycles. The van der Waals surface area contributed by atoms with E-state index >= 15 is 0 Å². The summed E-state index contributed by atoms with van der Waals surface area (Å²) in [6, 6.07) is 13.1. The number of aromatic nitrogens is 2. The van der Waals surface area contributed by atoms with E-state index in [9.17, 15) is 19.8 Å². The maximum atomic E-state index is 12.2. The van der Waals surface area contributed by atoms with Crippen LogP contribution >= 0.6 is 12.2 Å². The first kappa shape index (κ1) is 19.1. The number of amides is 1. The second-order valence-corrected chi connectivity index (χ2v) is 6.27. The Balaban J connectivity index is 1.93. The lowest BCUT2D eigenvalue weighted by molar-refractivity contribution is 0.0952. The van der Waals surface area contributed by atoms with Crippen molar-refractivity contribution < 1.29 is 15.0 Å². The van der Waals surface area contributed by atoms with Crippen molar-refractivity contribution in [3.05, 3.63) is 80.3 Å². The number of benzene rings is 2. The van der Waals surface area contributed by atoms with Gasteiger partial charge in [0.25, 0.3) is 11.5 Å². The molecule has 0 aliphatic rings. The number of aryl methyl sites for hydroxylation is 1. The largest absolute Gasteiger partial charge is 0.507 e. The minimum Gasteiger partial charge on any atom is -0.507 e. The Bertz CT molecular complexity index is 1180. The molecular formula is C19H16N4O4S. The number of para-hydroxylation sites is 1. The number of hydrazone groups is 1. The van der Waals surface area contributed by atoms with E-state index in [1.165, 1.54) is 16.7 Å². The molecule has 8 nitrogen and oxygen atoms in total. The van der Waals surface area contributed by atoms with Gasteiger partial charge in [-0.3, -0.25) is 19.1 Å². The van der Waals surface area contributed by atoms with Crippen LogP contribution < -0.4 is 11.0 Å². The maximum Gasteiger partial charge on any atom is 0.275 e. The molecule has 3 aromatic rings. The van der Waals surface area contributed by atoms with Crippen LogP contribution in [-0.2, 0) is 0 Å². The molecule has 0 aliphatic heterocycles. The number of hydrogen-bond acceptors (Lipinski definition) is 6. The zero-order valence-corrected chi connectivity index (χ0v) is 15.5. The molecule has 0 radical (unpaired) electrons. The smallest absolute Gasteiger partial charge is 0.275 e. The van der Waals surface area contributed by atoms with Gasteiger partial charge in [-0.15, -0.1) is 0 Å². The molecule has 0 saturated heterocycles. The van der Waals surface area contributed by atoms with Crippen molar-refractivity contribution >= 4 is 24.3 Å². The van der Waals surface area contributed by atoms with Gasteiger partial charge in [0.1, 0.15) is 11.3 Å². The van der Waals surface area contributed by atoms with Crippen LogP contribution in [0.3, 0.4) is 0 Å². The van der Waals surface area contributed by atoms with E-state index in [1.807, 2.05) is 19.1 Å². The standard InChI is InChI=1S/C19H16N4O4S/c1-11-6-8-12(9-7-11)23-18(27)14(16(25)21-19(23)28)10-20-22-17(26)13-4-2-3-5-15(13)24/h2-10,24,27H,1H3,(H,22,26)(H,21,25,28). The molecule has 0 aliphatic carbocycles. The number of aromatic hydroxyl groups is 2. The van der Waals surface area contributed by atoms with Gasteiger partial charge in [0.05, 0.1) is 17.5 Å². The quantitative estimate of drug-likeness (QED) is 0.307. The molecule has 4 N–H and O–H groups in total. The molecule has 3 rings (SSSR count). The van der Waals surface area contributed by atoms with E-state index in [-0.39, 0.29) is 21.6 Å². The fraction of sp³-hybridized carbons (Fsp3) is 0.0526. The first-order valence-electron chi connectivity index (χ1n) is 8.15. The first-order chi connectivity index (χ1) is 13.4. The third kappa shape index (κ3) is 3.84. The Morgan fingerprint density at radius 2 is 1.86 bits per heavy atom. The van der Waals surface area contributed by atoms with Gasteiger partial charge in [-0.2, -0.15) is 5.10 Å². The third-order valence-corrected chi connectivity index (χ3v) is 4.21. The highest BCUT2D eigenvalue weighted by atomic mass is 32.1. The molecule has 1 aromatic heterocycles. The normalized spacial score (nSPS) is 10.9. The fourth-order valence-corrected chi connectivity index (χ4v) is 2.75. The number of H-pyrrole nitrogens is 1. The van der Waals surface area contributed by atoms with Crippen molar-refractivity contribution in [1.29, 1.82) is 0 Å². The summed E-state index contributed by atoms with van der Waals surface area (Å²) in [5.74, 6) is -1.29. The van der Waals surface area contributed by atoms with Crippen LogP contribution in [-0.4, -0.2) is 31.9 Å². The SMILES string of the molecule is Cc1ccc(-n2c(O)c(C=NNC(=O)c3ccccc3O)c(=O)[nH]c2=S)cc1. The van der Waals surface area contributed by atoms with Crippen LogP contribution in [0.1, 0.15) is 21.5 Å². The highest BCUT2D eigenvalue weighted by Crippen LogP contribution is 2.19. The summed E-state index contributed by atoms with van der Waals surface area (Å²) in [4.78, 5) is 26.7. The molecule has 142 valence electrons. The van der Waals surface area contributed by atoms with E-state index in [0.717, 1.165) is 11.8 Å². The highest BCUT2D eigenvalue weighted by molar-refractivity contribution is 7.71. The van der Waals surface area contributed by atoms with Crippen LogP contribution in [0, 0.1) is 11.7 Å². The van der Waals surface area contributed by atoms with Crippen LogP contribution in [0.15, 0.2) is 58.4 Å². The molecule has 9 heteroatoms. The Kier molecular flexibility index (Phi) is 5.37. The van der Waals surface area contributed by atoms with Crippen LogP contribution in [0.5, 0.6) is 11.6 Å². The number of aromatic amines is 1. The molecule has 0 fully saturated rings. The summed E-state index contributed by atoms with van der Waals surface area (Å²) in [7, 11) is 0. The van der Waals surface area contributed by atoms with E-state index < -0.39 is 17.3 Å². The summed E-state index contributed by atoms with van der Waals surface area (Å²) >= 11 is 5.14. The number of rotatable bonds is 4. The predicted molar refractivity (Wildman–Crippen MR) is 107 cm³/mol. The minimum absolute atomic E-state index is 0.0155. The van der Waals surface area contributed by atoms with E-state index in [0.29, 0.717) is 5.69 Å². The third-order valence-electron chi connectivity index (χ3n) is 3.92. The number of carbonyl (C=O) groups excluding carboxylic acids is 1. The van der Waals surface area contributed by atoms with Gasteiger partial charge in [0, 0.05) is 0 Å². The molecule has 1 heterocycles. The number of nitrogens with one attached hydrogen (secondary N) is 2. The molecule has 0 unspecified atom stereocenters. The topological polar surface area (TPSA) is 120 Å². The van der Waals surface area contributed by atoms with Crippen molar-refractivity contribution in [3.8, 4) is 17.3 Å². The van der Waals surface area contributed by atoms with Crippen LogP contribution in [0.4, 0.5) is 0 Å². The van der Waals surface area contributed by atoms with E-state index in [1.54, 1.807) is 24.3 Å². The van der Waals surface area contributed by atoms with Crippen molar-refractivity contribution in [2.75, 3.05) is 0 Å². The summed E-state index contributed by atoms with van der Waals surface area (Å²) in [5, 5.41) is 23.9. The lowest BCUT2D eigenvalue weighted by atomic mass is 10.2. The zero-order valence-electron chi connectivity index (χ0n) is 14.7. The molecule has 0 atom stereocenters. The van der Waals surface area contributed by atoms with E-state index in [4.69, 9.17) is 12.2 Å². The van der Waals surface area contributed by atoms with Crippen LogP contribution in [0.25, 0.3) is 5.69 Å². The van der Waals surface area contributed by atoms with Gasteiger partial charge in [-0.05, 0) is 43.4 Å². The van der Waals surface area contributed by atoms with Gasteiger partial charge in [-0.25, -0.2) is 5.43 Å². The molecule has 1 amide bonds. The summed E-state index contributed by atoms with van der Waals surface area (Å²) in [6.45, 7) is 1.92. The zero-order chi connectivity index (χ0) is 20.3. The Hall–Kier alpha value is -3.72. The van der Waals surface area contributed by atoms with Crippen molar-refractivity contribution in [1.82, 2.24) is 15.0 Å². The van der Waals surface area contributed by atoms with Gasteiger partial charge < -0.3 is 10.2 Å². The molecule has 28 heavy (non-hydrogen) atoms. The summed E-state index contributed by atoms with van der Waals surface area (Å²) in [5.41, 5.74) is 2.94. The number of carbonyl (C=O) groups is 1. The second-order valence-electron chi connectivity index (χ2n) is 5.88. The van der Waals surface area contributed by atoms with Gasteiger partial charge in [0.15, 0.2) is 4.77 Å². The lowest BCUT2D eigenvalue weighted by Crippen LogP contribution is -2.21. The van der Waals surface area contributed by atoms with Gasteiger partial charge >= 0.3 is 0 Å². The second kappa shape index (κ2) is 7.89. The number of phenolic OH excluding ortho intramolecular Hbond substituents is 1. The first-order valence-corrected chi connectivity index (χ1v) is 8.56. The Morgan fingerprint density at radius 1 is 1.18 bits per heavy atom. The predicted octanol–water partition coefficient (Wildman–Crippen LogP) is 2.38.